The van der Waals surface area contributed by atoms with Gasteiger partial charge in [-0.25, -0.2) is 0 Å². The molecule has 0 spiro atoms. The first-order chi connectivity index (χ1) is 11.2. The number of hydrogen-bond acceptors (Lipinski definition) is 2. The summed E-state index contributed by atoms with van der Waals surface area (Å²) in [4.78, 5) is 11.0. The molecule has 2 aliphatic carbocycles. The van der Waals surface area contributed by atoms with Crippen LogP contribution in [0.1, 0.15) is 104 Å². The zero-order valence-corrected chi connectivity index (χ0v) is 15.5. The Kier molecular flexibility index (Phi) is 8.47. The van der Waals surface area contributed by atoms with Gasteiger partial charge in [-0.1, -0.05) is 71.1 Å². The third-order valence-electron chi connectivity index (χ3n) is 6.29. The molecule has 2 nitrogen and oxygen atoms in total. The van der Waals surface area contributed by atoms with E-state index in [-0.39, 0.29) is 12.1 Å². The summed E-state index contributed by atoms with van der Waals surface area (Å²) in [5.41, 5.74) is 0. The smallest absolute Gasteiger partial charge is 0.302 e. The summed E-state index contributed by atoms with van der Waals surface area (Å²) in [6, 6.07) is 0. The summed E-state index contributed by atoms with van der Waals surface area (Å²) < 4.78 is 5.35. The Morgan fingerprint density at radius 3 is 1.74 bits per heavy atom. The van der Waals surface area contributed by atoms with Crippen molar-refractivity contribution in [3.63, 3.8) is 0 Å². The highest BCUT2D eigenvalue weighted by Crippen LogP contribution is 2.37. The highest BCUT2D eigenvalue weighted by Gasteiger charge is 2.25. The molecule has 2 aliphatic rings. The molecule has 134 valence electrons. The quantitative estimate of drug-likeness (QED) is 0.388. The minimum atomic E-state index is -0.107. The van der Waals surface area contributed by atoms with Crippen LogP contribution in [0, 0.1) is 17.8 Å². The molecule has 2 rings (SSSR count). The van der Waals surface area contributed by atoms with Gasteiger partial charge in [-0.05, 0) is 43.4 Å². The van der Waals surface area contributed by atoms with Crippen molar-refractivity contribution in [1.82, 2.24) is 0 Å². The standard InChI is InChI=1S/C21H38O2/c1-3-4-5-6-18-7-9-19(10-8-18)11-12-20-13-15-21(16-14-20)23-17(2)22/h18-21H,3-16H2,1-2H3. The van der Waals surface area contributed by atoms with Gasteiger partial charge in [0, 0.05) is 6.92 Å². The number of ether oxygens (including phenoxy) is 1. The van der Waals surface area contributed by atoms with E-state index in [0.29, 0.717) is 0 Å². The van der Waals surface area contributed by atoms with E-state index in [0.717, 1.165) is 30.6 Å². The summed E-state index contributed by atoms with van der Waals surface area (Å²) in [6.45, 7) is 3.83. The van der Waals surface area contributed by atoms with E-state index < -0.39 is 0 Å². The molecule has 0 unspecified atom stereocenters. The van der Waals surface area contributed by atoms with Gasteiger partial charge >= 0.3 is 5.97 Å². The van der Waals surface area contributed by atoms with Crippen molar-refractivity contribution in [2.45, 2.75) is 110 Å². The van der Waals surface area contributed by atoms with Gasteiger partial charge in [-0.15, -0.1) is 0 Å². The maximum absolute atomic E-state index is 11.0. The number of hydrogen-bond donors (Lipinski definition) is 0. The van der Waals surface area contributed by atoms with Crippen LogP contribution < -0.4 is 0 Å². The minimum Gasteiger partial charge on any atom is -0.463 e. The number of rotatable bonds is 8. The predicted molar refractivity (Wildman–Crippen MR) is 96.3 cm³/mol. The first-order valence-electron chi connectivity index (χ1n) is 10.3. The normalized spacial score (nSPS) is 31.7. The monoisotopic (exact) mass is 322 g/mol. The van der Waals surface area contributed by atoms with Gasteiger partial charge in [-0.3, -0.25) is 4.79 Å². The number of carbonyl (C=O) groups is 1. The second-order valence-electron chi connectivity index (χ2n) is 8.21. The SMILES string of the molecule is CCCCCC1CCC(CCC2CCC(OC(C)=O)CC2)CC1. The zero-order valence-electron chi connectivity index (χ0n) is 15.5. The van der Waals surface area contributed by atoms with Crippen LogP contribution in [-0.4, -0.2) is 12.1 Å². The third-order valence-corrected chi connectivity index (χ3v) is 6.29. The van der Waals surface area contributed by atoms with Crippen LogP contribution in [0.4, 0.5) is 0 Å². The molecule has 0 radical (unpaired) electrons. The maximum atomic E-state index is 11.0. The van der Waals surface area contributed by atoms with Crippen molar-refractivity contribution in [2.75, 3.05) is 0 Å². The fourth-order valence-electron chi connectivity index (χ4n) is 4.74. The molecule has 0 aliphatic heterocycles. The Morgan fingerprint density at radius 1 is 0.783 bits per heavy atom. The lowest BCUT2D eigenvalue weighted by molar-refractivity contribution is -0.148. The molecule has 0 amide bonds. The van der Waals surface area contributed by atoms with Crippen molar-refractivity contribution < 1.29 is 9.53 Å². The van der Waals surface area contributed by atoms with Crippen molar-refractivity contribution in [2.24, 2.45) is 17.8 Å². The fraction of sp³-hybridized carbons (Fsp3) is 0.952. The molecule has 0 saturated heterocycles. The topological polar surface area (TPSA) is 26.3 Å². The third kappa shape index (κ3) is 7.27. The molecule has 0 bridgehead atoms. The van der Waals surface area contributed by atoms with E-state index >= 15 is 0 Å². The maximum Gasteiger partial charge on any atom is 0.302 e. The largest absolute Gasteiger partial charge is 0.463 e. The molecule has 0 aromatic carbocycles. The van der Waals surface area contributed by atoms with Gasteiger partial charge in [0.25, 0.3) is 0 Å². The van der Waals surface area contributed by atoms with Gasteiger partial charge in [0.15, 0.2) is 0 Å². The van der Waals surface area contributed by atoms with E-state index in [1.807, 2.05) is 0 Å². The molecule has 2 fully saturated rings. The van der Waals surface area contributed by atoms with Gasteiger partial charge in [0.1, 0.15) is 6.10 Å². The average Bonchev–Trinajstić information content (AvgIpc) is 2.55. The van der Waals surface area contributed by atoms with Gasteiger partial charge in [0.2, 0.25) is 0 Å². The van der Waals surface area contributed by atoms with Crippen LogP contribution in [-0.2, 0) is 9.53 Å². The summed E-state index contributed by atoms with van der Waals surface area (Å²) >= 11 is 0. The number of carbonyl (C=O) groups excluding carboxylic acids is 1. The molecule has 0 N–H and O–H groups in total. The van der Waals surface area contributed by atoms with Crippen molar-refractivity contribution in [3.8, 4) is 0 Å². The van der Waals surface area contributed by atoms with E-state index in [1.165, 1.54) is 84.0 Å². The molecular weight excluding hydrogens is 284 g/mol. The second kappa shape index (κ2) is 10.4. The molecule has 0 heterocycles. The van der Waals surface area contributed by atoms with Crippen molar-refractivity contribution in [1.29, 1.82) is 0 Å². The van der Waals surface area contributed by atoms with E-state index in [2.05, 4.69) is 6.92 Å². The molecule has 2 heteroatoms. The van der Waals surface area contributed by atoms with Crippen LogP contribution in [0.2, 0.25) is 0 Å². The first-order valence-corrected chi connectivity index (χ1v) is 10.3. The van der Waals surface area contributed by atoms with Gasteiger partial charge < -0.3 is 4.74 Å². The Morgan fingerprint density at radius 2 is 1.26 bits per heavy atom. The zero-order chi connectivity index (χ0) is 16.5. The first kappa shape index (κ1) is 18.8. The molecule has 23 heavy (non-hydrogen) atoms. The van der Waals surface area contributed by atoms with E-state index in [4.69, 9.17) is 4.74 Å². The van der Waals surface area contributed by atoms with Crippen LogP contribution in [0.15, 0.2) is 0 Å². The number of esters is 1. The molecular formula is C21H38O2. The Hall–Kier alpha value is -0.530. The summed E-state index contributed by atoms with van der Waals surface area (Å²) in [5, 5.41) is 0. The predicted octanol–water partition coefficient (Wildman–Crippen LogP) is 6.28. The second-order valence-corrected chi connectivity index (χ2v) is 8.21. The van der Waals surface area contributed by atoms with Crippen LogP contribution in [0.25, 0.3) is 0 Å². The fourth-order valence-corrected chi connectivity index (χ4v) is 4.74. The minimum absolute atomic E-state index is 0.107. The summed E-state index contributed by atoms with van der Waals surface area (Å²) in [5.74, 6) is 2.83. The van der Waals surface area contributed by atoms with Crippen molar-refractivity contribution >= 4 is 5.97 Å². The summed E-state index contributed by atoms with van der Waals surface area (Å²) in [6.07, 6.45) is 19.5. The Balaban J connectivity index is 1.53. The Bertz CT molecular complexity index is 323. The molecule has 2 saturated carbocycles. The van der Waals surface area contributed by atoms with E-state index in [9.17, 15) is 4.79 Å². The highest BCUT2D eigenvalue weighted by atomic mass is 16.5. The van der Waals surface area contributed by atoms with Crippen LogP contribution in [0.3, 0.4) is 0 Å². The number of unbranched alkanes of at least 4 members (excludes halogenated alkanes) is 2. The van der Waals surface area contributed by atoms with Crippen molar-refractivity contribution in [3.05, 3.63) is 0 Å². The lowest BCUT2D eigenvalue weighted by atomic mass is 9.76. The highest BCUT2D eigenvalue weighted by molar-refractivity contribution is 5.66. The summed E-state index contributed by atoms with van der Waals surface area (Å²) in [7, 11) is 0. The van der Waals surface area contributed by atoms with E-state index in [1.54, 1.807) is 0 Å². The molecule has 0 aromatic rings. The average molecular weight is 323 g/mol. The molecule has 0 atom stereocenters. The van der Waals surface area contributed by atoms with Crippen LogP contribution in [0.5, 0.6) is 0 Å². The lowest BCUT2D eigenvalue weighted by Crippen LogP contribution is -2.24. The Labute approximate surface area is 143 Å². The van der Waals surface area contributed by atoms with Gasteiger partial charge in [0.05, 0.1) is 0 Å². The van der Waals surface area contributed by atoms with Gasteiger partial charge in [-0.2, -0.15) is 0 Å². The molecule has 0 aromatic heterocycles. The lowest BCUT2D eigenvalue weighted by Gasteiger charge is -2.31. The van der Waals surface area contributed by atoms with Crippen LogP contribution >= 0.6 is 0 Å².